The van der Waals surface area contributed by atoms with E-state index in [2.05, 4.69) is 48.6 Å². The van der Waals surface area contributed by atoms with Gasteiger partial charge < -0.3 is 10.1 Å². The third-order valence-corrected chi connectivity index (χ3v) is 4.22. The van der Waals surface area contributed by atoms with E-state index in [1.807, 2.05) is 36.4 Å². The number of hydrogen-bond acceptors (Lipinski definition) is 2. The molecule has 0 spiro atoms. The molecule has 0 unspecified atom stereocenters. The van der Waals surface area contributed by atoms with Crippen molar-refractivity contribution in [3.63, 3.8) is 0 Å². The SMILES string of the molecule is Cc1cccc(COc2ccc(Cl)cc2CNCc2ccccc2)c1. The van der Waals surface area contributed by atoms with Crippen LogP contribution in [0.2, 0.25) is 5.02 Å². The van der Waals surface area contributed by atoms with Crippen LogP contribution in [0.1, 0.15) is 22.3 Å². The largest absolute Gasteiger partial charge is 0.489 e. The molecule has 0 saturated carbocycles. The molecule has 0 aromatic heterocycles. The van der Waals surface area contributed by atoms with Gasteiger partial charge in [-0.3, -0.25) is 0 Å². The highest BCUT2D eigenvalue weighted by Gasteiger charge is 2.06. The Morgan fingerprint density at radius 3 is 2.44 bits per heavy atom. The van der Waals surface area contributed by atoms with Crippen molar-refractivity contribution < 1.29 is 4.74 Å². The molecule has 2 nitrogen and oxygen atoms in total. The van der Waals surface area contributed by atoms with Gasteiger partial charge in [-0.2, -0.15) is 0 Å². The Balaban J connectivity index is 1.63. The second-order valence-corrected chi connectivity index (χ2v) is 6.56. The van der Waals surface area contributed by atoms with E-state index in [9.17, 15) is 0 Å². The summed E-state index contributed by atoms with van der Waals surface area (Å²) in [5, 5.41) is 4.18. The lowest BCUT2D eigenvalue weighted by molar-refractivity contribution is 0.302. The van der Waals surface area contributed by atoms with Crippen LogP contribution in [-0.4, -0.2) is 0 Å². The lowest BCUT2D eigenvalue weighted by atomic mass is 10.1. The second kappa shape index (κ2) is 8.70. The first kappa shape index (κ1) is 17.5. The number of rotatable bonds is 7. The normalized spacial score (nSPS) is 10.6. The van der Waals surface area contributed by atoms with Crippen molar-refractivity contribution in [1.29, 1.82) is 0 Å². The Kier molecular flexibility index (Phi) is 6.10. The molecule has 3 aromatic carbocycles. The molecule has 3 heteroatoms. The van der Waals surface area contributed by atoms with Crippen LogP contribution in [-0.2, 0) is 19.7 Å². The molecule has 0 aliphatic rings. The van der Waals surface area contributed by atoms with Crippen LogP contribution in [0, 0.1) is 6.92 Å². The van der Waals surface area contributed by atoms with Gasteiger partial charge >= 0.3 is 0 Å². The van der Waals surface area contributed by atoms with Crippen LogP contribution in [0.5, 0.6) is 5.75 Å². The summed E-state index contributed by atoms with van der Waals surface area (Å²) < 4.78 is 6.04. The molecular formula is C22H22ClNO. The molecule has 25 heavy (non-hydrogen) atoms. The van der Waals surface area contributed by atoms with Gasteiger partial charge in [-0.15, -0.1) is 0 Å². The van der Waals surface area contributed by atoms with Crippen molar-refractivity contribution in [3.8, 4) is 5.75 Å². The van der Waals surface area contributed by atoms with E-state index in [1.165, 1.54) is 11.1 Å². The fourth-order valence-corrected chi connectivity index (χ4v) is 2.92. The highest BCUT2D eigenvalue weighted by Crippen LogP contribution is 2.24. The Morgan fingerprint density at radius 1 is 0.840 bits per heavy atom. The summed E-state index contributed by atoms with van der Waals surface area (Å²) in [6, 6.07) is 24.5. The van der Waals surface area contributed by atoms with Crippen LogP contribution >= 0.6 is 11.6 Å². The molecule has 0 amide bonds. The maximum Gasteiger partial charge on any atom is 0.124 e. The summed E-state index contributed by atoms with van der Waals surface area (Å²) in [4.78, 5) is 0. The number of ether oxygens (including phenoxy) is 1. The number of nitrogens with one attached hydrogen (secondary N) is 1. The summed E-state index contributed by atoms with van der Waals surface area (Å²) in [5.74, 6) is 0.867. The standard InChI is InChI=1S/C22H22ClNO/c1-17-6-5-9-19(12-17)16-25-22-11-10-21(23)13-20(22)15-24-14-18-7-3-2-4-8-18/h2-13,24H,14-16H2,1H3. The van der Waals surface area contributed by atoms with Crippen LogP contribution in [0.25, 0.3) is 0 Å². The Hall–Kier alpha value is -2.29. The average molecular weight is 352 g/mol. The minimum absolute atomic E-state index is 0.551. The predicted octanol–water partition coefficient (Wildman–Crippen LogP) is 5.52. The predicted molar refractivity (Wildman–Crippen MR) is 104 cm³/mol. The number of hydrogen-bond donors (Lipinski definition) is 1. The molecule has 0 radical (unpaired) electrons. The first-order valence-electron chi connectivity index (χ1n) is 8.42. The van der Waals surface area contributed by atoms with Gasteiger partial charge in [0.25, 0.3) is 0 Å². The first-order valence-corrected chi connectivity index (χ1v) is 8.80. The summed E-state index contributed by atoms with van der Waals surface area (Å²) in [6.07, 6.45) is 0. The Bertz CT molecular complexity index is 817. The third-order valence-electron chi connectivity index (χ3n) is 3.99. The van der Waals surface area contributed by atoms with Crippen LogP contribution < -0.4 is 10.1 Å². The van der Waals surface area contributed by atoms with E-state index in [0.29, 0.717) is 13.2 Å². The van der Waals surface area contributed by atoms with E-state index < -0.39 is 0 Å². The van der Waals surface area contributed by atoms with Gasteiger partial charge in [0.05, 0.1) is 0 Å². The first-order chi connectivity index (χ1) is 12.2. The van der Waals surface area contributed by atoms with Gasteiger partial charge in [0.2, 0.25) is 0 Å². The van der Waals surface area contributed by atoms with Crippen molar-refractivity contribution in [3.05, 3.63) is 100 Å². The molecule has 3 aromatic rings. The fourth-order valence-electron chi connectivity index (χ4n) is 2.73. The lowest BCUT2D eigenvalue weighted by Crippen LogP contribution is -2.13. The summed E-state index contributed by atoms with van der Waals surface area (Å²) in [5.41, 5.74) is 4.72. The van der Waals surface area contributed by atoms with Crippen molar-refractivity contribution in [1.82, 2.24) is 5.32 Å². The average Bonchev–Trinajstić information content (AvgIpc) is 2.62. The number of benzene rings is 3. The molecule has 0 fully saturated rings. The van der Waals surface area contributed by atoms with Gasteiger partial charge in [0.1, 0.15) is 12.4 Å². The molecular weight excluding hydrogens is 330 g/mol. The van der Waals surface area contributed by atoms with Crippen LogP contribution in [0.15, 0.2) is 72.8 Å². The molecule has 0 bridgehead atoms. The van der Waals surface area contributed by atoms with Gasteiger partial charge in [0, 0.05) is 23.7 Å². The summed E-state index contributed by atoms with van der Waals surface area (Å²) in [6.45, 7) is 4.16. The van der Waals surface area contributed by atoms with Crippen molar-refractivity contribution in [2.75, 3.05) is 0 Å². The van der Waals surface area contributed by atoms with E-state index in [1.54, 1.807) is 0 Å². The van der Waals surface area contributed by atoms with Gasteiger partial charge in [-0.1, -0.05) is 71.8 Å². The molecule has 3 rings (SSSR count). The fraction of sp³-hybridized carbons (Fsp3) is 0.182. The monoisotopic (exact) mass is 351 g/mol. The van der Waals surface area contributed by atoms with E-state index in [0.717, 1.165) is 28.4 Å². The maximum atomic E-state index is 6.17. The molecule has 1 N–H and O–H groups in total. The Morgan fingerprint density at radius 2 is 1.64 bits per heavy atom. The van der Waals surface area contributed by atoms with Gasteiger partial charge in [-0.05, 0) is 36.2 Å². The second-order valence-electron chi connectivity index (χ2n) is 6.12. The van der Waals surface area contributed by atoms with E-state index in [-0.39, 0.29) is 0 Å². The molecule has 128 valence electrons. The minimum Gasteiger partial charge on any atom is -0.489 e. The zero-order valence-electron chi connectivity index (χ0n) is 14.3. The van der Waals surface area contributed by atoms with Gasteiger partial charge in [0.15, 0.2) is 0 Å². The van der Waals surface area contributed by atoms with E-state index >= 15 is 0 Å². The van der Waals surface area contributed by atoms with Crippen LogP contribution in [0.4, 0.5) is 0 Å². The molecule has 0 aliphatic heterocycles. The smallest absolute Gasteiger partial charge is 0.124 e. The Labute approximate surface area is 154 Å². The highest BCUT2D eigenvalue weighted by molar-refractivity contribution is 6.30. The van der Waals surface area contributed by atoms with Crippen molar-refractivity contribution in [2.24, 2.45) is 0 Å². The van der Waals surface area contributed by atoms with Crippen LogP contribution in [0.3, 0.4) is 0 Å². The molecule has 0 heterocycles. The molecule has 0 saturated heterocycles. The van der Waals surface area contributed by atoms with Gasteiger partial charge in [-0.25, -0.2) is 0 Å². The van der Waals surface area contributed by atoms with Crippen molar-refractivity contribution in [2.45, 2.75) is 26.6 Å². The zero-order valence-corrected chi connectivity index (χ0v) is 15.1. The zero-order chi connectivity index (χ0) is 17.5. The molecule has 0 atom stereocenters. The summed E-state index contributed by atoms with van der Waals surface area (Å²) in [7, 11) is 0. The quantitative estimate of drug-likeness (QED) is 0.605. The van der Waals surface area contributed by atoms with E-state index in [4.69, 9.17) is 16.3 Å². The van der Waals surface area contributed by atoms with Crippen molar-refractivity contribution >= 4 is 11.6 Å². The third kappa shape index (κ3) is 5.35. The number of halogens is 1. The topological polar surface area (TPSA) is 21.3 Å². The lowest BCUT2D eigenvalue weighted by Gasteiger charge is -2.13. The minimum atomic E-state index is 0.551. The number of aryl methyl sites for hydroxylation is 1. The molecule has 0 aliphatic carbocycles. The highest BCUT2D eigenvalue weighted by atomic mass is 35.5. The maximum absolute atomic E-state index is 6.17. The summed E-state index contributed by atoms with van der Waals surface area (Å²) >= 11 is 6.17.